The average molecular weight is 407 g/mol. The van der Waals surface area contributed by atoms with E-state index in [-0.39, 0.29) is 11.4 Å². The normalized spacial score (nSPS) is 32.0. The van der Waals surface area contributed by atoms with Crippen LogP contribution in [0.5, 0.6) is 5.75 Å². The number of hydrogen-bond donors (Lipinski definition) is 1. The smallest absolute Gasteiger partial charge is 0.261 e. The zero-order chi connectivity index (χ0) is 20.1. The molecule has 28 heavy (non-hydrogen) atoms. The summed E-state index contributed by atoms with van der Waals surface area (Å²) in [5.74, 6) is 2.84. The van der Waals surface area contributed by atoms with Gasteiger partial charge in [-0.2, -0.15) is 0 Å². The fraction of sp³-hybridized carbons (Fsp3) is 0.667. The Morgan fingerprint density at radius 1 is 1.11 bits per heavy atom. The fourth-order valence-electron chi connectivity index (χ4n) is 5.81. The Morgan fingerprint density at radius 3 is 2.07 bits per heavy atom. The third-order valence-corrected chi connectivity index (χ3v) is 8.01. The Balaban J connectivity index is 1.37. The number of nitrogens with zero attached hydrogens (tertiary/aromatic N) is 1. The minimum atomic E-state index is -3.30. The van der Waals surface area contributed by atoms with Gasteiger partial charge in [-0.1, -0.05) is 0 Å². The zero-order valence-electron chi connectivity index (χ0n) is 16.8. The van der Waals surface area contributed by atoms with Gasteiger partial charge < -0.3 is 10.1 Å². The molecule has 154 valence electrons. The quantitative estimate of drug-likeness (QED) is 0.788. The molecule has 0 radical (unpaired) electrons. The first kappa shape index (κ1) is 19.6. The van der Waals surface area contributed by atoms with Gasteiger partial charge in [0.1, 0.15) is 5.75 Å². The van der Waals surface area contributed by atoms with Crippen molar-refractivity contribution in [2.45, 2.75) is 57.1 Å². The van der Waals surface area contributed by atoms with Crippen LogP contribution >= 0.6 is 0 Å². The summed E-state index contributed by atoms with van der Waals surface area (Å²) in [7, 11) is -1.80. The lowest BCUT2D eigenvalue weighted by molar-refractivity contribution is -0.133. The molecule has 1 aromatic carbocycles. The van der Waals surface area contributed by atoms with Crippen molar-refractivity contribution in [3.8, 4) is 5.75 Å². The summed E-state index contributed by atoms with van der Waals surface area (Å²) in [6, 6.07) is 6.76. The van der Waals surface area contributed by atoms with Gasteiger partial charge in [-0.25, -0.2) is 8.42 Å². The second-order valence-corrected chi connectivity index (χ2v) is 11.2. The molecule has 1 atom stereocenters. The van der Waals surface area contributed by atoms with Crippen LogP contribution in [0.25, 0.3) is 0 Å². The molecule has 4 saturated carbocycles. The van der Waals surface area contributed by atoms with Gasteiger partial charge in [0.25, 0.3) is 5.91 Å². The Hall–Kier alpha value is -1.76. The Kier molecular flexibility index (Phi) is 4.84. The van der Waals surface area contributed by atoms with E-state index in [0.29, 0.717) is 11.4 Å². The number of hydrogen-bond acceptors (Lipinski definition) is 4. The first-order chi connectivity index (χ1) is 13.1. The molecule has 4 aliphatic rings. The monoisotopic (exact) mass is 406 g/mol. The van der Waals surface area contributed by atoms with Gasteiger partial charge in [0.2, 0.25) is 10.0 Å². The van der Waals surface area contributed by atoms with Crippen LogP contribution in [0.15, 0.2) is 24.3 Å². The van der Waals surface area contributed by atoms with Gasteiger partial charge in [0.05, 0.1) is 11.9 Å². The second-order valence-electron chi connectivity index (χ2n) is 9.17. The molecular weight excluding hydrogens is 376 g/mol. The Labute approximate surface area is 167 Å². The van der Waals surface area contributed by atoms with Crippen LogP contribution in [0.3, 0.4) is 0 Å². The maximum atomic E-state index is 12.8. The van der Waals surface area contributed by atoms with Crippen LogP contribution in [0.4, 0.5) is 5.69 Å². The first-order valence-corrected chi connectivity index (χ1v) is 12.0. The average Bonchev–Trinajstić information content (AvgIpc) is 2.59. The van der Waals surface area contributed by atoms with Gasteiger partial charge in [0, 0.05) is 12.6 Å². The summed E-state index contributed by atoms with van der Waals surface area (Å²) in [6.45, 7) is 1.77. The number of amides is 1. The molecule has 4 aliphatic carbocycles. The van der Waals surface area contributed by atoms with Crippen molar-refractivity contribution < 1.29 is 17.9 Å². The van der Waals surface area contributed by atoms with Gasteiger partial charge in [-0.3, -0.25) is 9.10 Å². The van der Waals surface area contributed by atoms with Crippen molar-refractivity contribution in [2.24, 2.45) is 17.8 Å². The predicted molar refractivity (Wildman–Crippen MR) is 109 cm³/mol. The number of benzene rings is 1. The lowest BCUT2D eigenvalue weighted by atomic mass is 9.53. The van der Waals surface area contributed by atoms with E-state index in [9.17, 15) is 13.2 Å². The molecule has 0 aliphatic heterocycles. The number of anilines is 1. The number of carbonyl (C=O) groups excluding carboxylic acids is 1. The highest BCUT2D eigenvalue weighted by Crippen LogP contribution is 2.55. The minimum Gasteiger partial charge on any atom is -0.481 e. The van der Waals surface area contributed by atoms with Crippen molar-refractivity contribution >= 4 is 21.6 Å². The van der Waals surface area contributed by atoms with E-state index >= 15 is 0 Å². The molecule has 5 rings (SSSR count). The SMILES string of the molecule is C[C@H](Oc1ccc(N(C)S(C)(=O)=O)cc1)C(=O)NC12CC3CC(CC(C3)C1)C2. The highest BCUT2D eigenvalue weighted by Gasteiger charge is 2.51. The van der Waals surface area contributed by atoms with Crippen molar-refractivity contribution in [3.63, 3.8) is 0 Å². The molecule has 0 spiro atoms. The van der Waals surface area contributed by atoms with Crippen LogP contribution < -0.4 is 14.4 Å². The molecular formula is C21H30N2O4S. The highest BCUT2D eigenvalue weighted by molar-refractivity contribution is 7.92. The fourth-order valence-corrected chi connectivity index (χ4v) is 6.32. The van der Waals surface area contributed by atoms with E-state index in [1.54, 1.807) is 31.2 Å². The van der Waals surface area contributed by atoms with Crippen LogP contribution in [0.2, 0.25) is 0 Å². The van der Waals surface area contributed by atoms with Gasteiger partial charge in [-0.05, 0) is 87.5 Å². The molecule has 0 unspecified atom stereocenters. The number of ether oxygens (including phenoxy) is 1. The van der Waals surface area contributed by atoms with E-state index in [1.807, 2.05) is 0 Å². The van der Waals surface area contributed by atoms with Gasteiger partial charge in [-0.15, -0.1) is 0 Å². The molecule has 4 fully saturated rings. The number of nitrogens with one attached hydrogen (secondary N) is 1. The number of sulfonamides is 1. The van der Waals surface area contributed by atoms with Crippen molar-refractivity contribution in [2.75, 3.05) is 17.6 Å². The van der Waals surface area contributed by atoms with Gasteiger partial charge >= 0.3 is 0 Å². The third-order valence-electron chi connectivity index (χ3n) is 6.81. The van der Waals surface area contributed by atoms with E-state index < -0.39 is 16.1 Å². The van der Waals surface area contributed by atoms with Crippen LogP contribution in [-0.4, -0.2) is 39.3 Å². The maximum Gasteiger partial charge on any atom is 0.261 e. The topological polar surface area (TPSA) is 75.7 Å². The summed E-state index contributed by atoms with van der Waals surface area (Å²) < 4.78 is 30.3. The van der Waals surface area contributed by atoms with Crippen LogP contribution in [0.1, 0.15) is 45.4 Å². The van der Waals surface area contributed by atoms with E-state index in [4.69, 9.17) is 4.74 Å². The lowest BCUT2D eigenvalue weighted by Crippen LogP contribution is -2.61. The summed E-state index contributed by atoms with van der Waals surface area (Å²) >= 11 is 0. The Morgan fingerprint density at radius 2 is 1.61 bits per heavy atom. The molecule has 7 heteroatoms. The Bertz CT molecular complexity index is 814. The van der Waals surface area contributed by atoms with Crippen LogP contribution in [0, 0.1) is 17.8 Å². The molecule has 1 aromatic rings. The van der Waals surface area contributed by atoms with Crippen molar-refractivity contribution in [1.82, 2.24) is 5.32 Å². The number of rotatable bonds is 6. The van der Waals surface area contributed by atoms with Crippen molar-refractivity contribution in [3.05, 3.63) is 24.3 Å². The first-order valence-electron chi connectivity index (χ1n) is 10.2. The summed E-state index contributed by atoms with van der Waals surface area (Å²) in [5.41, 5.74) is 0.534. The molecule has 4 bridgehead atoms. The van der Waals surface area contributed by atoms with E-state index in [1.165, 1.54) is 30.6 Å². The summed E-state index contributed by atoms with van der Waals surface area (Å²) in [6.07, 6.45) is 7.94. The minimum absolute atomic E-state index is 0.0223. The van der Waals surface area contributed by atoms with E-state index in [2.05, 4.69) is 5.32 Å². The van der Waals surface area contributed by atoms with E-state index in [0.717, 1.165) is 43.3 Å². The number of carbonyl (C=O) groups is 1. The third kappa shape index (κ3) is 3.86. The molecule has 1 N–H and O–H groups in total. The summed E-state index contributed by atoms with van der Waals surface area (Å²) in [4.78, 5) is 12.8. The maximum absolute atomic E-state index is 12.8. The standard InChI is InChI=1S/C21H30N2O4S/c1-14(27-19-6-4-18(5-7-19)23(2)28(3,25)26)20(24)22-21-11-15-8-16(12-21)10-17(9-15)13-21/h4-7,14-17H,8-13H2,1-3H3,(H,22,24)/t14-,15?,16?,17?,21?/m0/s1. The molecule has 1 amide bonds. The molecule has 6 nitrogen and oxygen atoms in total. The lowest BCUT2D eigenvalue weighted by Gasteiger charge is -2.57. The van der Waals surface area contributed by atoms with Gasteiger partial charge in [0.15, 0.2) is 6.10 Å². The highest BCUT2D eigenvalue weighted by atomic mass is 32.2. The molecule has 0 aromatic heterocycles. The molecule has 0 saturated heterocycles. The van der Waals surface area contributed by atoms with Crippen molar-refractivity contribution in [1.29, 1.82) is 0 Å². The zero-order valence-corrected chi connectivity index (χ0v) is 17.7. The predicted octanol–water partition coefficient (Wildman–Crippen LogP) is 2.93. The van der Waals surface area contributed by atoms with Crippen LogP contribution in [-0.2, 0) is 14.8 Å². The molecule has 0 heterocycles. The largest absolute Gasteiger partial charge is 0.481 e. The second kappa shape index (κ2) is 6.94. The summed E-state index contributed by atoms with van der Waals surface area (Å²) in [5, 5.41) is 3.34.